The van der Waals surface area contributed by atoms with Crippen LogP contribution in [0.5, 0.6) is 0 Å². The fraction of sp³-hybridized carbons (Fsp3) is 0.167. The number of anilines is 2. The molecule has 0 aromatic heterocycles. The number of para-hydroxylation sites is 1. The van der Waals surface area contributed by atoms with Crippen LogP contribution in [-0.4, -0.2) is 47.8 Å². The number of nitro benzene ring substituents is 1. The van der Waals surface area contributed by atoms with Crippen LogP contribution in [0.2, 0.25) is 10.0 Å². The van der Waals surface area contributed by atoms with Crippen molar-refractivity contribution in [2.75, 3.05) is 36.4 Å². The Morgan fingerprint density at radius 2 is 1.56 bits per heavy atom. The summed E-state index contributed by atoms with van der Waals surface area (Å²) >= 11 is 12.0. The standard InChI is InChI=1S/C24H20Cl2N4O4/c25-16-5-7-17(8-6-16)28-11-13-29(14-12-28)24(32)20-3-1-2-4-22(20)27-23(31)19-10-9-18(30(33)34)15-21(19)26/h1-10,15H,11-14H2,(H,27,31). The normalized spacial score (nSPS) is 13.5. The minimum Gasteiger partial charge on any atom is -0.368 e. The molecule has 3 aromatic carbocycles. The van der Waals surface area contributed by atoms with Gasteiger partial charge in [-0.05, 0) is 42.5 Å². The minimum atomic E-state index is -0.589. The Kier molecular flexibility index (Phi) is 7.00. The van der Waals surface area contributed by atoms with Gasteiger partial charge in [0.05, 0.1) is 26.8 Å². The van der Waals surface area contributed by atoms with E-state index in [1.807, 2.05) is 24.3 Å². The second kappa shape index (κ2) is 10.1. The van der Waals surface area contributed by atoms with Gasteiger partial charge in [0.25, 0.3) is 17.5 Å². The number of halogens is 2. The van der Waals surface area contributed by atoms with Crippen molar-refractivity contribution in [3.8, 4) is 0 Å². The molecule has 0 unspecified atom stereocenters. The van der Waals surface area contributed by atoms with E-state index in [0.717, 1.165) is 11.8 Å². The number of non-ortho nitro benzene ring substituents is 1. The van der Waals surface area contributed by atoms with Gasteiger partial charge in [0.2, 0.25) is 0 Å². The molecular formula is C24H20Cl2N4O4. The summed E-state index contributed by atoms with van der Waals surface area (Å²) in [5.41, 5.74) is 1.60. The Bertz CT molecular complexity index is 1240. The molecule has 0 bridgehead atoms. The number of piperazine rings is 1. The van der Waals surface area contributed by atoms with Gasteiger partial charge in [0, 0.05) is 49.0 Å². The SMILES string of the molecule is O=C(Nc1ccccc1C(=O)N1CCN(c2ccc(Cl)cc2)CC1)c1ccc([N+](=O)[O-])cc1Cl. The van der Waals surface area contributed by atoms with E-state index in [9.17, 15) is 19.7 Å². The first kappa shape index (κ1) is 23.5. The van der Waals surface area contributed by atoms with Gasteiger partial charge in [-0.15, -0.1) is 0 Å². The Balaban J connectivity index is 1.46. The van der Waals surface area contributed by atoms with Crippen LogP contribution >= 0.6 is 23.2 Å². The third-order valence-corrected chi connectivity index (χ3v) is 6.14. The molecule has 1 fully saturated rings. The molecule has 1 aliphatic rings. The van der Waals surface area contributed by atoms with Gasteiger partial charge in [0.1, 0.15) is 0 Å². The second-order valence-electron chi connectivity index (χ2n) is 7.68. The number of hydrogen-bond donors (Lipinski definition) is 1. The molecule has 1 N–H and O–H groups in total. The van der Waals surface area contributed by atoms with E-state index in [4.69, 9.17) is 23.2 Å². The number of nitrogens with one attached hydrogen (secondary N) is 1. The number of nitro groups is 1. The van der Waals surface area contributed by atoms with Gasteiger partial charge in [-0.25, -0.2) is 0 Å². The lowest BCUT2D eigenvalue weighted by molar-refractivity contribution is -0.384. The maximum absolute atomic E-state index is 13.3. The summed E-state index contributed by atoms with van der Waals surface area (Å²) in [6.45, 7) is 2.39. The predicted octanol–water partition coefficient (Wildman–Crippen LogP) is 5.12. The lowest BCUT2D eigenvalue weighted by atomic mass is 10.1. The highest BCUT2D eigenvalue weighted by atomic mass is 35.5. The van der Waals surface area contributed by atoms with Crippen molar-refractivity contribution in [2.45, 2.75) is 0 Å². The van der Waals surface area contributed by atoms with Crippen LogP contribution in [0.4, 0.5) is 17.1 Å². The zero-order valence-corrected chi connectivity index (χ0v) is 19.4. The zero-order valence-electron chi connectivity index (χ0n) is 17.9. The van der Waals surface area contributed by atoms with Crippen molar-refractivity contribution in [1.29, 1.82) is 0 Å². The molecular weight excluding hydrogens is 479 g/mol. The molecule has 1 heterocycles. The Morgan fingerprint density at radius 1 is 0.882 bits per heavy atom. The number of carbonyl (C=O) groups excluding carboxylic acids is 2. The molecule has 0 radical (unpaired) electrons. The third kappa shape index (κ3) is 5.13. The van der Waals surface area contributed by atoms with Crippen LogP contribution in [0.1, 0.15) is 20.7 Å². The van der Waals surface area contributed by atoms with Crippen molar-refractivity contribution in [1.82, 2.24) is 4.90 Å². The molecule has 0 saturated carbocycles. The second-order valence-corrected chi connectivity index (χ2v) is 8.52. The van der Waals surface area contributed by atoms with E-state index in [1.165, 1.54) is 12.1 Å². The Hall–Kier alpha value is -3.62. The van der Waals surface area contributed by atoms with E-state index < -0.39 is 10.8 Å². The number of amides is 2. The summed E-state index contributed by atoms with van der Waals surface area (Å²) in [6, 6.07) is 17.9. The molecule has 0 spiro atoms. The Labute approximate surface area is 205 Å². The average molecular weight is 499 g/mol. The summed E-state index contributed by atoms with van der Waals surface area (Å²) in [7, 11) is 0. The number of hydrogen-bond acceptors (Lipinski definition) is 5. The van der Waals surface area contributed by atoms with Crippen LogP contribution in [0.15, 0.2) is 66.7 Å². The quantitative estimate of drug-likeness (QED) is 0.389. The highest BCUT2D eigenvalue weighted by molar-refractivity contribution is 6.34. The van der Waals surface area contributed by atoms with Crippen LogP contribution < -0.4 is 10.2 Å². The van der Waals surface area contributed by atoms with Crippen molar-refractivity contribution >= 4 is 52.1 Å². The first-order valence-corrected chi connectivity index (χ1v) is 11.2. The summed E-state index contributed by atoms with van der Waals surface area (Å²) in [5.74, 6) is -0.755. The number of nitrogens with zero attached hydrogens (tertiary/aromatic N) is 3. The molecule has 174 valence electrons. The maximum atomic E-state index is 13.3. The van der Waals surface area contributed by atoms with Crippen molar-refractivity contribution in [3.63, 3.8) is 0 Å². The lowest BCUT2D eigenvalue weighted by Crippen LogP contribution is -2.48. The van der Waals surface area contributed by atoms with Crippen LogP contribution in [0.3, 0.4) is 0 Å². The maximum Gasteiger partial charge on any atom is 0.270 e. The molecule has 2 amide bonds. The van der Waals surface area contributed by atoms with Gasteiger partial charge in [-0.1, -0.05) is 35.3 Å². The summed E-state index contributed by atoms with van der Waals surface area (Å²) in [4.78, 5) is 40.3. The Morgan fingerprint density at radius 3 is 2.21 bits per heavy atom. The van der Waals surface area contributed by atoms with Crippen LogP contribution in [0, 0.1) is 10.1 Å². The van der Waals surface area contributed by atoms with Crippen molar-refractivity contribution < 1.29 is 14.5 Å². The number of rotatable bonds is 5. The van der Waals surface area contributed by atoms with Gasteiger partial charge in [-0.3, -0.25) is 19.7 Å². The summed E-state index contributed by atoms with van der Waals surface area (Å²) in [6.07, 6.45) is 0. The van der Waals surface area contributed by atoms with Gasteiger partial charge in [-0.2, -0.15) is 0 Å². The smallest absolute Gasteiger partial charge is 0.270 e. The lowest BCUT2D eigenvalue weighted by Gasteiger charge is -2.36. The molecule has 34 heavy (non-hydrogen) atoms. The summed E-state index contributed by atoms with van der Waals surface area (Å²) in [5, 5.41) is 14.2. The zero-order chi connectivity index (χ0) is 24.2. The molecule has 3 aromatic rings. The van der Waals surface area contributed by atoms with Crippen molar-refractivity contribution in [3.05, 3.63) is 98.0 Å². The highest BCUT2D eigenvalue weighted by Crippen LogP contribution is 2.25. The summed E-state index contributed by atoms with van der Waals surface area (Å²) < 4.78 is 0. The fourth-order valence-electron chi connectivity index (χ4n) is 3.76. The predicted molar refractivity (Wildman–Crippen MR) is 132 cm³/mol. The largest absolute Gasteiger partial charge is 0.368 e. The molecule has 0 atom stereocenters. The topological polar surface area (TPSA) is 95.8 Å². The van der Waals surface area contributed by atoms with Crippen LogP contribution in [-0.2, 0) is 0 Å². The van der Waals surface area contributed by atoms with E-state index in [1.54, 1.807) is 29.2 Å². The first-order valence-electron chi connectivity index (χ1n) is 10.5. The van der Waals surface area contributed by atoms with E-state index in [2.05, 4.69) is 10.2 Å². The van der Waals surface area contributed by atoms with E-state index in [0.29, 0.717) is 42.5 Å². The molecule has 10 heteroatoms. The molecule has 1 aliphatic heterocycles. The van der Waals surface area contributed by atoms with Crippen LogP contribution in [0.25, 0.3) is 0 Å². The molecule has 0 aliphatic carbocycles. The highest BCUT2D eigenvalue weighted by Gasteiger charge is 2.25. The number of carbonyl (C=O) groups is 2. The van der Waals surface area contributed by atoms with Gasteiger partial charge < -0.3 is 15.1 Å². The average Bonchev–Trinajstić information content (AvgIpc) is 2.84. The third-order valence-electron chi connectivity index (χ3n) is 5.57. The number of benzene rings is 3. The van der Waals surface area contributed by atoms with E-state index in [-0.39, 0.29) is 22.2 Å². The molecule has 4 rings (SSSR count). The monoisotopic (exact) mass is 498 g/mol. The molecule has 8 nitrogen and oxygen atoms in total. The first-order chi connectivity index (χ1) is 16.3. The minimum absolute atomic E-state index is 0.0474. The van der Waals surface area contributed by atoms with E-state index >= 15 is 0 Å². The van der Waals surface area contributed by atoms with Gasteiger partial charge in [0.15, 0.2) is 0 Å². The fourth-order valence-corrected chi connectivity index (χ4v) is 4.15. The molecule has 1 saturated heterocycles. The van der Waals surface area contributed by atoms with Crippen molar-refractivity contribution in [2.24, 2.45) is 0 Å². The van der Waals surface area contributed by atoms with Gasteiger partial charge >= 0.3 is 0 Å².